The number of hydrogen-bond acceptors (Lipinski definition) is 1. The van der Waals surface area contributed by atoms with Gasteiger partial charge in [0.1, 0.15) is 11.7 Å². The van der Waals surface area contributed by atoms with Crippen LogP contribution in [0.4, 0.5) is 0 Å². The molecule has 1 heterocycles. The van der Waals surface area contributed by atoms with Gasteiger partial charge in [-0.05, 0) is 31.1 Å². The molecule has 2 aliphatic carbocycles. The molecule has 0 aromatic rings. The van der Waals surface area contributed by atoms with Gasteiger partial charge in [-0.15, -0.1) is 0 Å². The van der Waals surface area contributed by atoms with Crippen molar-refractivity contribution in [1.29, 1.82) is 0 Å². The fourth-order valence-corrected chi connectivity index (χ4v) is 3.29. The van der Waals surface area contributed by atoms with E-state index in [9.17, 15) is 0 Å². The Labute approximate surface area is 73.8 Å². The standard InChI is InChI=1S/C11H16O/c1-8-4-2-5-9-6-3-7-10-11(8,9)12-10/h3,7-10H,2,4-6H2,1H3. The molecule has 3 aliphatic rings. The third-order valence-corrected chi connectivity index (χ3v) is 4.05. The molecular formula is C11H16O. The van der Waals surface area contributed by atoms with Crippen molar-refractivity contribution >= 4 is 0 Å². The van der Waals surface area contributed by atoms with Gasteiger partial charge < -0.3 is 4.74 Å². The highest BCUT2D eigenvalue weighted by atomic mass is 16.6. The Morgan fingerprint density at radius 2 is 2.33 bits per heavy atom. The molecule has 1 nitrogen and oxygen atoms in total. The lowest BCUT2D eigenvalue weighted by molar-refractivity contribution is 0.105. The summed E-state index contributed by atoms with van der Waals surface area (Å²) in [5, 5.41) is 0. The van der Waals surface area contributed by atoms with Crippen LogP contribution in [0.25, 0.3) is 0 Å². The van der Waals surface area contributed by atoms with Gasteiger partial charge in [-0.2, -0.15) is 0 Å². The second-order valence-electron chi connectivity index (χ2n) is 4.58. The van der Waals surface area contributed by atoms with E-state index in [1.165, 1.54) is 25.7 Å². The number of hydrogen-bond donors (Lipinski definition) is 0. The van der Waals surface area contributed by atoms with Crippen molar-refractivity contribution in [1.82, 2.24) is 0 Å². The molecule has 0 radical (unpaired) electrons. The average Bonchev–Trinajstić information content (AvgIpc) is 2.79. The minimum absolute atomic E-state index is 0.312. The second-order valence-corrected chi connectivity index (χ2v) is 4.58. The van der Waals surface area contributed by atoms with Crippen LogP contribution in [0.1, 0.15) is 32.6 Å². The van der Waals surface area contributed by atoms with E-state index in [1.54, 1.807) is 0 Å². The lowest BCUT2D eigenvalue weighted by atomic mass is 9.67. The molecule has 1 spiro atoms. The van der Waals surface area contributed by atoms with Crippen LogP contribution in [0.3, 0.4) is 0 Å². The highest BCUT2D eigenvalue weighted by Gasteiger charge is 2.64. The van der Waals surface area contributed by atoms with E-state index in [4.69, 9.17) is 4.74 Å². The van der Waals surface area contributed by atoms with Crippen molar-refractivity contribution in [2.75, 3.05) is 0 Å². The summed E-state index contributed by atoms with van der Waals surface area (Å²) in [4.78, 5) is 0. The first kappa shape index (κ1) is 7.14. The van der Waals surface area contributed by atoms with Gasteiger partial charge in [0.2, 0.25) is 0 Å². The van der Waals surface area contributed by atoms with E-state index in [-0.39, 0.29) is 0 Å². The molecule has 0 aromatic heterocycles. The molecule has 4 atom stereocenters. The molecule has 1 saturated heterocycles. The summed E-state index contributed by atoms with van der Waals surface area (Å²) in [5.41, 5.74) is 0.312. The molecule has 1 heteroatoms. The van der Waals surface area contributed by atoms with Gasteiger partial charge in [-0.1, -0.05) is 25.5 Å². The Morgan fingerprint density at radius 1 is 1.42 bits per heavy atom. The third kappa shape index (κ3) is 0.687. The molecule has 3 rings (SSSR count). The first-order chi connectivity index (χ1) is 5.84. The Kier molecular flexibility index (Phi) is 1.27. The number of rotatable bonds is 0. The molecular weight excluding hydrogens is 148 g/mol. The van der Waals surface area contributed by atoms with Crippen LogP contribution in [0.2, 0.25) is 0 Å². The van der Waals surface area contributed by atoms with Gasteiger partial charge in [0.25, 0.3) is 0 Å². The maximum Gasteiger partial charge on any atom is 0.106 e. The van der Waals surface area contributed by atoms with Crippen molar-refractivity contribution in [2.45, 2.75) is 44.3 Å². The van der Waals surface area contributed by atoms with E-state index in [2.05, 4.69) is 19.1 Å². The molecule has 4 unspecified atom stereocenters. The maximum atomic E-state index is 5.89. The molecule has 1 aliphatic heterocycles. The lowest BCUT2D eigenvalue weighted by Gasteiger charge is -2.35. The highest BCUT2D eigenvalue weighted by Crippen LogP contribution is 2.58. The molecule has 1 saturated carbocycles. The summed E-state index contributed by atoms with van der Waals surface area (Å²) in [6.07, 6.45) is 10.5. The SMILES string of the molecule is CC1CCCC2CC=CC3OC123. The third-order valence-electron chi connectivity index (χ3n) is 4.05. The van der Waals surface area contributed by atoms with E-state index in [0.717, 1.165) is 11.8 Å². The molecule has 0 aromatic carbocycles. The van der Waals surface area contributed by atoms with Crippen LogP contribution in [-0.2, 0) is 4.74 Å². The monoisotopic (exact) mass is 164 g/mol. The van der Waals surface area contributed by atoms with Gasteiger partial charge in [0, 0.05) is 0 Å². The summed E-state index contributed by atoms with van der Waals surface area (Å²) in [7, 11) is 0. The zero-order chi connectivity index (χ0) is 8.18. The van der Waals surface area contributed by atoms with Crippen molar-refractivity contribution < 1.29 is 4.74 Å². The van der Waals surface area contributed by atoms with Gasteiger partial charge in [-0.25, -0.2) is 0 Å². The number of allylic oxidation sites excluding steroid dienone is 1. The molecule has 0 amide bonds. The zero-order valence-electron chi connectivity index (χ0n) is 7.62. The smallest absolute Gasteiger partial charge is 0.106 e. The van der Waals surface area contributed by atoms with Gasteiger partial charge in [0.05, 0.1) is 0 Å². The summed E-state index contributed by atoms with van der Waals surface area (Å²) < 4.78 is 5.89. The van der Waals surface area contributed by atoms with Gasteiger partial charge in [-0.3, -0.25) is 0 Å². The second kappa shape index (κ2) is 2.14. The molecule has 2 fully saturated rings. The minimum Gasteiger partial charge on any atom is -0.361 e. The number of ether oxygens (including phenoxy) is 1. The predicted octanol–water partition coefficient (Wildman–Crippen LogP) is 2.52. The molecule has 12 heavy (non-hydrogen) atoms. The van der Waals surface area contributed by atoms with E-state index in [0.29, 0.717) is 11.7 Å². The Hall–Kier alpha value is -0.300. The van der Waals surface area contributed by atoms with E-state index in [1.807, 2.05) is 0 Å². The van der Waals surface area contributed by atoms with E-state index < -0.39 is 0 Å². The normalized spacial score (nSPS) is 55.9. The first-order valence-corrected chi connectivity index (χ1v) is 5.18. The topological polar surface area (TPSA) is 12.5 Å². The van der Waals surface area contributed by atoms with E-state index >= 15 is 0 Å². The quantitative estimate of drug-likeness (QED) is 0.396. The summed E-state index contributed by atoms with van der Waals surface area (Å²) in [5.74, 6) is 1.64. The molecule has 0 N–H and O–H groups in total. The molecule has 66 valence electrons. The van der Waals surface area contributed by atoms with Crippen LogP contribution in [0, 0.1) is 11.8 Å². The average molecular weight is 164 g/mol. The Bertz CT molecular complexity index is 233. The van der Waals surface area contributed by atoms with Crippen LogP contribution in [-0.4, -0.2) is 11.7 Å². The van der Waals surface area contributed by atoms with Crippen LogP contribution >= 0.6 is 0 Å². The predicted molar refractivity (Wildman–Crippen MR) is 47.9 cm³/mol. The van der Waals surface area contributed by atoms with Crippen LogP contribution in [0.15, 0.2) is 12.2 Å². The minimum atomic E-state index is 0.312. The largest absolute Gasteiger partial charge is 0.361 e. The first-order valence-electron chi connectivity index (χ1n) is 5.18. The Balaban J connectivity index is 1.95. The lowest BCUT2D eigenvalue weighted by Crippen LogP contribution is -2.38. The summed E-state index contributed by atoms with van der Waals surface area (Å²) in [6.45, 7) is 2.37. The van der Waals surface area contributed by atoms with Crippen LogP contribution < -0.4 is 0 Å². The summed E-state index contributed by atoms with van der Waals surface area (Å²) in [6, 6.07) is 0. The molecule has 0 bridgehead atoms. The van der Waals surface area contributed by atoms with Crippen molar-refractivity contribution in [3.63, 3.8) is 0 Å². The van der Waals surface area contributed by atoms with Crippen molar-refractivity contribution in [3.05, 3.63) is 12.2 Å². The zero-order valence-corrected chi connectivity index (χ0v) is 7.62. The maximum absolute atomic E-state index is 5.89. The fourth-order valence-electron chi connectivity index (χ4n) is 3.29. The highest BCUT2D eigenvalue weighted by molar-refractivity contribution is 5.23. The van der Waals surface area contributed by atoms with Gasteiger partial charge in [0.15, 0.2) is 0 Å². The Morgan fingerprint density at radius 3 is 3.17 bits per heavy atom. The van der Waals surface area contributed by atoms with Crippen molar-refractivity contribution in [2.24, 2.45) is 11.8 Å². The number of epoxide rings is 1. The fraction of sp³-hybridized carbons (Fsp3) is 0.818. The van der Waals surface area contributed by atoms with Crippen molar-refractivity contribution in [3.8, 4) is 0 Å². The van der Waals surface area contributed by atoms with Gasteiger partial charge >= 0.3 is 0 Å². The van der Waals surface area contributed by atoms with Crippen LogP contribution in [0.5, 0.6) is 0 Å². The summed E-state index contributed by atoms with van der Waals surface area (Å²) >= 11 is 0.